The fraction of sp³-hybridized carbons (Fsp3) is 0.600. The number of ether oxygens (including phenoxy) is 1. The topological polar surface area (TPSA) is 21.3 Å². The van der Waals surface area contributed by atoms with Crippen LogP contribution in [0.3, 0.4) is 0 Å². The van der Waals surface area contributed by atoms with Gasteiger partial charge in [0.2, 0.25) is 0 Å². The van der Waals surface area contributed by atoms with Gasteiger partial charge in [-0.1, -0.05) is 26.0 Å². The fourth-order valence-electron chi connectivity index (χ4n) is 2.01. The third-order valence-electron chi connectivity index (χ3n) is 3.36. The second kappa shape index (κ2) is 4.69. The summed E-state index contributed by atoms with van der Waals surface area (Å²) in [5, 5.41) is 3.58. The van der Waals surface area contributed by atoms with E-state index in [0.717, 1.165) is 12.3 Å². The van der Waals surface area contributed by atoms with Gasteiger partial charge in [-0.15, -0.1) is 0 Å². The third kappa shape index (κ3) is 3.47. The largest absolute Gasteiger partial charge is 0.491 e. The maximum Gasteiger partial charge on any atom is 0.119 e. The van der Waals surface area contributed by atoms with Crippen LogP contribution in [0, 0.1) is 5.41 Å². The summed E-state index contributed by atoms with van der Waals surface area (Å²) in [6.45, 7) is 9.67. The third-order valence-corrected chi connectivity index (χ3v) is 3.36. The van der Waals surface area contributed by atoms with Crippen LogP contribution in [-0.4, -0.2) is 12.1 Å². The Morgan fingerprint density at radius 3 is 2.35 bits per heavy atom. The standard InChI is InChI=1S/C15H23NO/c1-11(2)17-13-7-5-12(6-8-13)10-16-14-9-15(14,3)4/h5-8,11,14,16H,9-10H2,1-4H3. The van der Waals surface area contributed by atoms with Gasteiger partial charge >= 0.3 is 0 Å². The van der Waals surface area contributed by atoms with Gasteiger partial charge in [-0.2, -0.15) is 0 Å². The summed E-state index contributed by atoms with van der Waals surface area (Å²) in [6, 6.07) is 9.07. The first-order valence-electron chi connectivity index (χ1n) is 6.46. The average molecular weight is 233 g/mol. The Labute approximate surface area is 104 Å². The van der Waals surface area contributed by atoms with Crippen molar-refractivity contribution in [2.75, 3.05) is 0 Å². The Bertz CT molecular complexity index is 367. The van der Waals surface area contributed by atoms with Crippen LogP contribution in [0.5, 0.6) is 5.75 Å². The van der Waals surface area contributed by atoms with Gasteiger partial charge in [0.15, 0.2) is 0 Å². The van der Waals surface area contributed by atoms with Gasteiger partial charge in [0.25, 0.3) is 0 Å². The van der Waals surface area contributed by atoms with Crippen LogP contribution in [0.2, 0.25) is 0 Å². The van der Waals surface area contributed by atoms with Gasteiger partial charge in [0.1, 0.15) is 5.75 Å². The van der Waals surface area contributed by atoms with Gasteiger partial charge in [-0.3, -0.25) is 0 Å². The van der Waals surface area contributed by atoms with E-state index in [0.29, 0.717) is 11.5 Å². The monoisotopic (exact) mass is 233 g/mol. The molecule has 2 heteroatoms. The van der Waals surface area contributed by atoms with Crippen molar-refractivity contribution in [3.8, 4) is 5.75 Å². The Hall–Kier alpha value is -1.02. The summed E-state index contributed by atoms with van der Waals surface area (Å²) in [4.78, 5) is 0. The number of hydrogen-bond acceptors (Lipinski definition) is 2. The Kier molecular flexibility index (Phi) is 3.43. The lowest BCUT2D eigenvalue weighted by Gasteiger charge is -2.11. The molecule has 1 aliphatic carbocycles. The van der Waals surface area contributed by atoms with Crippen LogP contribution >= 0.6 is 0 Å². The molecular weight excluding hydrogens is 210 g/mol. The number of hydrogen-bond donors (Lipinski definition) is 1. The van der Waals surface area contributed by atoms with Crippen molar-refractivity contribution >= 4 is 0 Å². The zero-order valence-electron chi connectivity index (χ0n) is 11.3. The van der Waals surface area contributed by atoms with Gasteiger partial charge in [0.05, 0.1) is 6.10 Å². The minimum Gasteiger partial charge on any atom is -0.491 e. The van der Waals surface area contributed by atoms with E-state index in [1.807, 2.05) is 13.8 Å². The highest BCUT2D eigenvalue weighted by Gasteiger charge is 2.44. The van der Waals surface area contributed by atoms with E-state index in [1.54, 1.807) is 0 Å². The molecule has 1 unspecified atom stereocenters. The minimum absolute atomic E-state index is 0.242. The van der Waals surface area contributed by atoms with Gasteiger partial charge in [-0.25, -0.2) is 0 Å². The highest BCUT2D eigenvalue weighted by molar-refractivity contribution is 5.27. The molecule has 0 spiro atoms. The predicted octanol–water partition coefficient (Wildman–Crippen LogP) is 3.36. The SMILES string of the molecule is CC(C)Oc1ccc(CNC2CC2(C)C)cc1. The van der Waals surface area contributed by atoms with Crippen LogP contribution in [0.4, 0.5) is 0 Å². The van der Waals surface area contributed by atoms with E-state index in [-0.39, 0.29) is 6.10 Å². The maximum atomic E-state index is 5.62. The molecule has 1 N–H and O–H groups in total. The van der Waals surface area contributed by atoms with E-state index >= 15 is 0 Å². The summed E-state index contributed by atoms with van der Waals surface area (Å²) >= 11 is 0. The molecule has 1 aliphatic rings. The van der Waals surface area contributed by atoms with E-state index < -0.39 is 0 Å². The molecule has 0 aliphatic heterocycles. The molecule has 0 saturated heterocycles. The smallest absolute Gasteiger partial charge is 0.119 e. The van der Waals surface area contributed by atoms with E-state index in [4.69, 9.17) is 4.74 Å². The molecule has 1 saturated carbocycles. The summed E-state index contributed by atoms with van der Waals surface area (Å²) in [7, 11) is 0. The number of nitrogens with one attached hydrogen (secondary N) is 1. The summed E-state index contributed by atoms with van der Waals surface area (Å²) in [5.74, 6) is 0.954. The van der Waals surface area contributed by atoms with Crippen LogP contribution in [0.15, 0.2) is 24.3 Å². The average Bonchev–Trinajstić information content (AvgIpc) is 2.85. The Morgan fingerprint density at radius 1 is 1.29 bits per heavy atom. The second-order valence-corrected chi connectivity index (χ2v) is 5.94. The molecule has 0 heterocycles. The first kappa shape index (κ1) is 12.4. The van der Waals surface area contributed by atoms with Crippen LogP contribution < -0.4 is 10.1 Å². The number of benzene rings is 1. The molecule has 1 aromatic rings. The zero-order valence-corrected chi connectivity index (χ0v) is 11.3. The van der Waals surface area contributed by atoms with Crippen molar-refractivity contribution in [3.05, 3.63) is 29.8 Å². The first-order chi connectivity index (χ1) is 7.97. The molecule has 1 fully saturated rings. The molecule has 0 bridgehead atoms. The molecule has 2 rings (SSSR count). The lowest BCUT2D eigenvalue weighted by molar-refractivity contribution is 0.242. The minimum atomic E-state index is 0.242. The van der Waals surface area contributed by atoms with Gasteiger partial charge in [0, 0.05) is 12.6 Å². The quantitative estimate of drug-likeness (QED) is 0.842. The highest BCUT2D eigenvalue weighted by Crippen LogP contribution is 2.44. The molecule has 0 amide bonds. The summed E-state index contributed by atoms with van der Waals surface area (Å²) < 4.78 is 5.62. The van der Waals surface area contributed by atoms with Crippen molar-refractivity contribution < 1.29 is 4.74 Å². The lowest BCUT2D eigenvalue weighted by Crippen LogP contribution is -2.19. The first-order valence-corrected chi connectivity index (χ1v) is 6.46. The van der Waals surface area contributed by atoms with E-state index in [9.17, 15) is 0 Å². The highest BCUT2D eigenvalue weighted by atomic mass is 16.5. The van der Waals surface area contributed by atoms with Crippen molar-refractivity contribution in [1.82, 2.24) is 5.32 Å². The number of rotatable bonds is 5. The molecule has 94 valence electrons. The van der Waals surface area contributed by atoms with Gasteiger partial charge in [-0.05, 0) is 43.4 Å². The fourth-order valence-corrected chi connectivity index (χ4v) is 2.01. The van der Waals surface area contributed by atoms with Crippen LogP contribution in [-0.2, 0) is 6.54 Å². The van der Waals surface area contributed by atoms with Crippen LogP contribution in [0.1, 0.15) is 39.7 Å². The predicted molar refractivity (Wildman–Crippen MR) is 71.2 cm³/mol. The zero-order chi connectivity index (χ0) is 12.5. The Morgan fingerprint density at radius 2 is 1.88 bits per heavy atom. The molecule has 1 atom stereocenters. The molecule has 0 aromatic heterocycles. The molecule has 0 radical (unpaired) electrons. The van der Waals surface area contributed by atoms with Gasteiger partial charge < -0.3 is 10.1 Å². The van der Waals surface area contributed by atoms with Crippen molar-refractivity contribution in [3.63, 3.8) is 0 Å². The molecule has 1 aromatic carbocycles. The Balaban J connectivity index is 1.82. The lowest BCUT2D eigenvalue weighted by atomic mass is 10.1. The van der Waals surface area contributed by atoms with Crippen LogP contribution in [0.25, 0.3) is 0 Å². The van der Waals surface area contributed by atoms with E-state index in [2.05, 4.69) is 43.4 Å². The van der Waals surface area contributed by atoms with Crippen molar-refractivity contribution in [2.24, 2.45) is 5.41 Å². The van der Waals surface area contributed by atoms with E-state index in [1.165, 1.54) is 12.0 Å². The van der Waals surface area contributed by atoms with Crippen molar-refractivity contribution in [1.29, 1.82) is 0 Å². The molecule has 17 heavy (non-hydrogen) atoms. The second-order valence-electron chi connectivity index (χ2n) is 5.94. The van der Waals surface area contributed by atoms with Crippen molar-refractivity contribution in [2.45, 2.75) is 52.8 Å². The molecular formula is C15H23NO. The maximum absolute atomic E-state index is 5.62. The summed E-state index contributed by atoms with van der Waals surface area (Å²) in [6.07, 6.45) is 1.54. The summed E-state index contributed by atoms with van der Waals surface area (Å²) in [5.41, 5.74) is 1.82. The normalized spacial score (nSPS) is 21.6. The molecule has 2 nitrogen and oxygen atoms in total.